The van der Waals surface area contributed by atoms with E-state index in [1.807, 2.05) is 18.2 Å². The van der Waals surface area contributed by atoms with Crippen molar-refractivity contribution >= 4 is 11.9 Å². The van der Waals surface area contributed by atoms with E-state index in [2.05, 4.69) is 25.2 Å². The lowest BCUT2D eigenvalue weighted by Gasteiger charge is -2.06. The number of fused-ring (bicyclic) bond motifs is 1. The van der Waals surface area contributed by atoms with Crippen LogP contribution >= 0.6 is 0 Å². The molecule has 0 atom stereocenters. The highest BCUT2D eigenvalue weighted by molar-refractivity contribution is 5.69. The van der Waals surface area contributed by atoms with Crippen LogP contribution in [0.2, 0.25) is 0 Å². The van der Waals surface area contributed by atoms with Crippen LogP contribution in [0.5, 0.6) is 11.5 Å². The molecule has 1 aliphatic rings. The van der Waals surface area contributed by atoms with E-state index in [4.69, 9.17) is 9.47 Å². The van der Waals surface area contributed by atoms with Crippen LogP contribution in [-0.2, 0) is 9.53 Å². The summed E-state index contributed by atoms with van der Waals surface area (Å²) in [6, 6.07) is 5.58. The number of esters is 1. The first-order valence-electron chi connectivity index (χ1n) is 7.16. The van der Waals surface area contributed by atoms with Crippen molar-refractivity contribution in [2.75, 3.05) is 25.8 Å². The summed E-state index contributed by atoms with van der Waals surface area (Å²) in [5, 5.41) is 10.9. The monoisotopic (exact) mass is 316 g/mol. The van der Waals surface area contributed by atoms with Crippen LogP contribution in [-0.4, -0.2) is 41.6 Å². The standard InChI is InChI=1S/C15H16N4O4/c1-21-14(20)3-2-6-16-15-18-11(8-17-19-15)10-4-5-12-13(7-10)23-9-22-12/h4-5,7-8H,2-3,6,9H2,1H3,(H,16,18,19). The molecule has 0 unspecified atom stereocenters. The number of anilines is 1. The zero-order chi connectivity index (χ0) is 16.1. The Hall–Kier alpha value is -2.90. The molecule has 120 valence electrons. The summed E-state index contributed by atoms with van der Waals surface area (Å²) in [5.74, 6) is 1.58. The molecule has 1 aliphatic heterocycles. The normalized spacial score (nSPS) is 12.0. The van der Waals surface area contributed by atoms with Crippen molar-refractivity contribution in [1.29, 1.82) is 0 Å². The summed E-state index contributed by atoms with van der Waals surface area (Å²) < 4.78 is 15.2. The first-order valence-corrected chi connectivity index (χ1v) is 7.16. The summed E-state index contributed by atoms with van der Waals surface area (Å²) in [5.41, 5.74) is 1.54. The Kier molecular flexibility index (Phi) is 4.51. The van der Waals surface area contributed by atoms with E-state index in [9.17, 15) is 4.79 Å². The van der Waals surface area contributed by atoms with Crippen LogP contribution in [0.4, 0.5) is 5.95 Å². The van der Waals surface area contributed by atoms with Crippen LogP contribution in [0.1, 0.15) is 12.8 Å². The second kappa shape index (κ2) is 6.91. The average Bonchev–Trinajstić information content (AvgIpc) is 3.06. The van der Waals surface area contributed by atoms with Gasteiger partial charge in [0.2, 0.25) is 12.7 Å². The fourth-order valence-electron chi connectivity index (χ4n) is 2.11. The lowest BCUT2D eigenvalue weighted by Crippen LogP contribution is -2.09. The van der Waals surface area contributed by atoms with E-state index in [0.29, 0.717) is 36.8 Å². The fraction of sp³-hybridized carbons (Fsp3) is 0.333. The van der Waals surface area contributed by atoms with Crippen LogP contribution in [0.25, 0.3) is 11.3 Å². The van der Waals surface area contributed by atoms with Gasteiger partial charge in [-0.3, -0.25) is 4.79 Å². The number of methoxy groups -OCH3 is 1. The van der Waals surface area contributed by atoms with Gasteiger partial charge >= 0.3 is 5.97 Å². The highest BCUT2D eigenvalue weighted by Gasteiger charge is 2.14. The molecule has 0 radical (unpaired) electrons. The number of hydrogen-bond donors (Lipinski definition) is 1. The highest BCUT2D eigenvalue weighted by atomic mass is 16.7. The van der Waals surface area contributed by atoms with E-state index in [1.54, 1.807) is 6.20 Å². The molecule has 1 aromatic carbocycles. The smallest absolute Gasteiger partial charge is 0.305 e. The zero-order valence-corrected chi connectivity index (χ0v) is 12.6. The number of carbonyl (C=O) groups is 1. The molecule has 0 aliphatic carbocycles. The van der Waals surface area contributed by atoms with Crippen LogP contribution in [0, 0.1) is 0 Å². The van der Waals surface area contributed by atoms with Crippen LogP contribution in [0.3, 0.4) is 0 Å². The molecule has 2 heterocycles. The average molecular weight is 316 g/mol. The first-order chi connectivity index (χ1) is 11.3. The third-order valence-corrected chi connectivity index (χ3v) is 3.30. The van der Waals surface area contributed by atoms with Crippen LogP contribution < -0.4 is 14.8 Å². The molecular weight excluding hydrogens is 300 g/mol. The summed E-state index contributed by atoms with van der Waals surface area (Å²) in [6.45, 7) is 0.787. The number of hydrogen-bond acceptors (Lipinski definition) is 8. The molecule has 1 N–H and O–H groups in total. The molecule has 8 nitrogen and oxygen atoms in total. The lowest BCUT2D eigenvalue weighted by atomic mass is 10.1. The number of aromatic nitrogens is 3. The second-order valence-electron chi connectivity index (χ2n) is 4.84. The quantitative estimate of drug-likeness (QED) is 0.634. The molecule has 2 aromatic rings. The maximum atomic E-state index is 11.0. The van der Waals surface area contributed by atoms with Crippen molar-refractivity contribution in [2.45, 2.75) is 12.8 Å². The number of ether oxygens (including phenoxy) is 3. The van der Waals surface area contributed by atoms with Crippen molar-refractivity contribution in [2.24, 2.45) is 0 Å². The maximum Gasteiger partial charge on any atom is 0.305 e. The van der Waals surface area contributed by atoms with Gasteiger partial charge in [-0.1, -0.05) is 0 Å². The van der Waals surface area contributed by atoms with Gasteiger partial charge in [0, 0.05) is 18.5 Å². The van der Waals surface area contributed by atoms with E-state index in [-0.39, 0.29) is 12.8 Å². The third kappa shape index (κ3) is 3.65. The van der Waals surface area contributed by atoms with Crippen LogP contribution in [0.15, 0.2) is 24.4 Å². The lowest BCUT2D eigenvalue weighted by molar-refractivity contribution is -0.140. The maximum absolute atomic E-state index is 11.0. The van der Waals surface area contributed by atoms with Crippen molar-refractivity contribution in [3.05, 3.63) is 24.4 Å². The van der Waals surface area contributed by atoms with Gasteiger partial charge in [0.15, 0.2) is 11.5 Å². The zero-order valence-electron chi connectivity index (χ0n) is 12.6. The number of carbonyl (C=O) groups excluding carboxylic acids is 1. The molecule has 3 rings (SSSR count). The van der Waals surface area contributed by atoms with E-state index >= 15 is 0 Å². The van der Waals surface area contributed by atoms with Gasteiger partial charge in [0.05, 0.1) is 19.0 Å². The third-order valence-electron chi connectivity index (χ3n) is 3.30. The summed E-state index contributed by atoms with van der Waals surface area (Å²) in [6.07, 6.45) is 2.56. The molecule has 8 heteroatoms. The van der Waals surface area contributed by atoms with Crippen molar-refractivity contribution in [1.82, 2.24) is 15.2 Å². The largest absolute Gasteiger partial charge is 0.469 e. The molecule has 0 spiro atoms. The Morgan fingerprint density at radius 3 is 3.09 bits per heavy atom. The Morgan fingerprint density at radius 2 is 2.22 bits per heavy atom. The summed E-state index contributed by atoms with van der Waals surface area (Å²) >= 11 is 0. The van der Waals surface area contributed by atoms with Gasteiger partial charge in [-0.15, -0.1) is 5.10 Å². The van der Waals surface area contributed by atoms with E-state index in [0.717, 1.165) is 11.3 Å². The minimum Gasteiger partial charge on any atom is -0.469 e. The van der Waals surface area contributed by atoms with Crippen molar-refractivity contribution in [3.8, 4) is 22.8 Å². The van der Waals surface area contributed by atoms with E-state index < -0.39 is 0 Å². The van der Waals surface area contributed by atoms with Gasteiger partial charge in [-0.25, -0.2) is 4.98 Å². The van der Waals surface area contributed by atoms with Crippen molar-refractivity contribution < 1.29 is 19.0 Å². The minimum absolute atomic E-state index is 0.230. The predicted octanol–water partition coefficient (Wildman–Crippen LogP) is 1.63. The Morgan fingerprint density at radius 1 is 1.35 bits per heavy atom. The Balaban J connectivity index is 1.64. The number of nitrogens with zero attached hydrogens (tertiary/aromatic N) is 3. The van der Waals surface area contributed by atoms with Gasteiger partial charge < -0.3 is 19.5 Å². The molecule has 0 saturated carbocycles. The van der Waals surface area contributed by atoms with Gasteiger partial charge in [0.25, 0.3) is 0 Å². The second-order valence-corrected chi connectivity index (χ2v) is 4.84. The van der Waals surface area contributed by atoms with E-state index in [1.165, 1.54) is 7.11 Å². The summed E-state index contributed by atoms with van der Waals surface area (Å²) in [4.78, 5) is 15.4. The van der Waals surface area contributed by atoms with Gasteiger partial charge in [0.1, 0.15) is 0 Å². The SMILES string of the molecule is COC(=O)CCCNc1nncc(-c2ccc3c(c2)OCO3)n1. The minimum atomic E-state index is -0.236. The Labute approximate surface area is 132 Å². The summed E-state index contributed by atoms with van der Waals surface area (Å²) in [7, 11) is 1.37. The molecule has 0 fully saturated rings. The number of nitrogens with one attached hydrogen (secondary N) is 1. The molecule has 0 saturated heterocycles. The number of benzene rings is 1. The number of rotatable bonds is 6. The highest BCUT2D eigenvalue weighted by Crippen LogP contribution is 2.35. The van der Waals surface area contributed by atoms with Gasteiger partial charge in [-0.05, 0) is 24.6 Å². The van der Waals surface area contributed by atoms with Gasteiger partial charge in [-0.2, -0.15) is 5.10 Å². The molecule has 1 aromatic heterocycles. The molecule has 0 bridgehead atoms. The first kappa shape index (κ1) is 15.0. The molecular formula is C15H16N4O4. The topological polar surface area (TPSA) is 95.5 Å². The fourth-order valence-corrected chi connectivity index (χ4v) is 2.11. The predicted molar refractivity (Wildman–Crippen MR) is 81.1 cm³/mol. The molecule has 0 amide bonds. The van der Waals surface area contributed by atoms with Crippen molar-refractivity contribution in [3.63, 3.8) is 0 Å². The Bertz CT molecular complexity index is 708. The molecule has 23 heavy (non-hydrogen) atoms.